The van der Waals surface area contributed by atoms with Gasteiger partial charge in [-0.25, -0.2) is 0 Å². The first-order valence-corrected chi connectivity index (χ1v) is 11.2. The number of hydrogen-bond acceptors (Lipinski definition) is 5. The van der Waals surface area contributed by atoms with Crippen molar-refractivity contribution in [3.63, 3.8) is 0 Å². The molecule has 0 saturated carbocycles. The van der Waals surface area contributed by atoms with Crippen LogP contribution in [0.1, 0.15) is 38.1 Å². The van der Waals surface area contributed by atoms with Crippen LogP contribution in [0.25, 0.3) is 21.2 Å². The monoisotopic (exact) mass is 432 g/mol. The summed E-state index contributed by atoms with van der Waals surface area (Å²) in [6, 6.07) is 6.01. The molecule has 0 atom stereocenters. The molecular formula is C24H36N2O3S. The molecule has 0 bridgehead atoms. The van der Waals surface area contributed by atoms with Gasteiger partial charge in [-0.15, -0.1) is 11.3 Å². The number of aromatic nitrogens is 1. The van der Waals surface area contributed by atoms with Crippen molar-refractivity contribution in [2.45, 2.75) is 41.2 Å². The van der Waals surface area contributed by atoms with Gasteiger partial charge in [-0.3, -0.25) is 4.79 Å². The molecule has 0 fully saturated rings. The normalized spacial score (nSPS) is 10.2. The summed E-state index contributed by atoms with van der Waals surface area (Å²) in [5.74, 6) is 1.56. The van der Waals surface area contributed by atoms with E-state index >= 15 is 0 Å². The minimum atomic E-state index is 0.0243. The van der Waals surface area contributed by atoms with E-state index in [0.29, 0.717) is 6.54 Å². The summed E-state index contributed by atoms with van der Waals surface area (Å²) in [6.07, 6.45) is 1.89. The third-order valence-corrected chi connectivity index (χ3v) is 5.45. The first-order chi connectivity index (χ1) is 14.3. The Kier molecular flexibility index (Phi) is 10.1. The van der Waals surface area contributed by atoms with Gasteiger partial charge in [0.15, 0.2) is 0 Å². The van der Waals surface area contributed by atoms with E-state index in [-0.39, 0.29) is 5.56 Å². The number of pyridine rings is 1. The van der Waals surface area contributed by atoms with Crippen LogP contribution < -0.4 is 15.0 Å². The maximum Gasteiger partial charge on any atom is 0.259 e. The molecular weight excluding hydrogens is 396 g/mol. The van der Waals surface area contributed by atoms with Crippen LogP contribution in [0.4, 0.5) is 0 Å². The molecule has 0 aliphatic carbocycles. The second-order valence-corrected chi connectivity index (χ2v) is 7.91. The van der Waals surface area contributed by atoms with Gasteiger partial charge in [0.05, 0.1) is 25.2 Å². The minimum absolute atomic E-state index is 0.0243. The Balaban J connectivity index is 0.00000106. The van der Waals surface area contributed by atoms with Crippen LogP contribution in [0.2, 0.25) is 0 Å². The lowest BCUT2D eigenvalue weighted by atomic mass is 10.0. The number of aryl methyl sites for hydroxylation is 2. The molecule has 30 heavy (non-hydrogen) atoms. The number of thiophene rings is 1. The summed E-state index contributed by atoms with van der Waals surface area (Å²) >= 11 is 1.64. The molecule has 0 saturated heterocycles. The lowest BCUT2D eigenvalue weighted by molar-refractivity contribution is 0.349. The third kappa shape index (κ3) is 5.43. The van der Waals surface area contributed by atoms with Gasteiger partial charge in [0.2, 0.25) is 0 Å². The second-order valence-electron chi connectivity index (χ2n) is 6.66. The zero-order valence-electron chi connectivity index (χ0n) is 20.0. The predicted octanol–water partition coefficient (Wildman–Crippen LogP) is 5.71. The van der Waals surface area contributed by atoms with E-state index in [1.807, 2.05) is 73.1 Å². The highest BCUT2D eigenvalue weighted by Crippen LogP contribution is 2.39. The van der Waals surface area contributed by atoms with Crippen molar-refractivity contribution in [2.24, 2.45) is 7.05 Å². The molecule has 1 aromatic carbocycles. The fraction of sp³-hybridized carbons (Fsp3) is 0.458. The number of methoxy groups -OCH3 is 2. The highest BCUT2D eigenvalue weighted by Gasteiger charge is 2.18. The molecule has 2 aromatic heterocycles. The average Bonchev–Trinajstić information content (AvgIpc) is 3.15. The van der Waals surface area contributed by atoms with E-state index < -0.39 is 0 Å². The number of fused-ring (bicyclic) bond motifs is 1. The molecule has 0 aliphatic rings. The van der Waals surface area contributed by atoms with Gasteiger partial charge in [0.1, 0.15) is 11.5 Å². The van der Waals surface area contributed by atoms with Gasteiger partial charge in [-0.05, 0) is 44.8 Å². The van der Waals surface area contributed by atoms with Crippen molar-refractivity contribution >= 4 is 21.4 Å². The summed E-state index contributed by atoms with van der Waals surface area (Å²) in [7, 11) is 9.15. The van der Waals surface area contributed by atoms with Crippen LogP contribution >= 0.6 is 11.3 Å². The zero-order chi connectivity index (χ0) is 23.0. The van der Waals surface area contributed by atoms with E-state index in [4.69, 9.17) is 9.47 Å². The van der Waals surface area contributed by atoms with Crippen molar-refractivity contribution < 1.29 is 9.47 Å². The van der Waals surface area contributed by atoms with Gasteiger partial charge in [-0.2, -0.15) is 0 Å². The van der Waals surface area contributed by atoms with E-state index in [2.05, 4.69) is 4.90 Å². The molecule has 3 rings (SSSR count). The first-order valence-electron chi connectivity index (χ1n) is 10.4. The number of hydrogen-bond donors (Lipinski definition) is 0. The summed E-state index contributed by atoms with van der Waals surface area (Å²) in [6.45, 7) is 10.7. The Bertz CT molecular complexity index is 994. The highest BCUT2D eigenvalue weighted by molar-refractivity contribution is 7.19. The van der Waals surface area contributed by atoms with Gasteiger partial charge >= 0.3 is 0 Å². The van der Waals surface area contributed by atoms with Crippen LogP contribution in [0.5, 0.6) is 11.5 Å². The fourth-order valence-electron chi connectivity index (χ4n) is 3.19. The van der Waals surface area contributed by atoms with Crippen LogP contribution in [0.15, 0.2) is 29.2 Å². The lowest BCUT2D eigenvalue weighted by Gasteiger charge is -2.19. The molecule has 0 unspecified atom stereocenters. The molecule has 166 valence electrons. The van der Waals surface area contributed by atoms with Crippen molar-refractivity contribution in [3.8, 4) is 22.6 Å². The Labute approximate surface area is 184 Å². The van der Waals surface area contributed by atoms with Gasteiger partial charge in [0.25, 0.3) is 5.56 Å². The Morgan fingerprint density at radius 1 is 1.00 bits per heavy atom. The van der Waals surface area contributed by atoms with E-state index in [1.165, 1.54) is 0 Å². The van der Waals surface area contributed by atoms with Gasteiger partial charge < -0.3 is 18.9 Å². The molecule has 0 spiro atoms. The second kappa shape index (κ2) is 11.8. The molecule has 0 amide bonds. The third-order valence-electron chi connectivity index (χ3n) is 4.37. The van der Waals surface area contributed by atoms with Crippen molar-refractivity contribution in [1.29, 1.82) is 0 Å². The summed E-state index contributed by atoms with van der Waals surface area (Å²) < 4.78 is 13.9. The number of ether oxygens (including phenoxy) is 2. The molecule has 0 radical (unpaired) electrons. The minimum Gasteiger partial charge on any atom is -0.496 e. The smallest absolute Gasteiger partial charge is 0.259 e. The quantitative estimate of drug-likeness (QED) is 0.518. The Morgan fingerprint density at radius 2 is 1.53 bits per heavy atom. The molecule has 0 N–H and O–H groups in total. The van der Waals surface area contributed by atoms with Crippen molar-refractivity contribution in [3.05, 3.63) is 45.2 Å². The Morgan fingerprint density at radius 3 is 2.00 bits per heavy atom. The van der Waals surface area contributed by atoms with Crippen LogP contribution in [-0.2, 0) is 13.6 Å². The highest BCUT2D eigenvalue weighted by atomic mass is 32.1. The topological polar surface area (TPSA) is 43.7 Å². The van der Waals surface area contributed by atoms with E-state index in [0.717, 1.165) is 43.2 Å². The number of rotatable bonds is 5. The zero-order valence-corrected chi connectivity index (χ0v) is 20.9. The molecule has 6 heteroatoms. The summed E-state index contributed by atoms with van der Waals surface area (Å²) in [5, 5.41) is 0.753. The number of benzene rings is 1. The van der Waals surface area contributed by atoms with Crippen LogP contribution in [0, 0.1) is 6.92 Å². The lowest BCUT2D eigenvalue weighted by Crippen LogP contribution is -2.15. The summed E-state index contributed by atoms with van der Waals surface area (Å²) in [4.78, 5) is 15.7. The maximum absolute atomic E-state index is 12.5. The average molecular weight is 433 g/mol. The largest absolute Gasteiger partial charge is 0.496 e. The van der Waals surface area contributed by atoms with Crippen molar-refractivity contribution in [2.75, 3.05) is 28.3 Å². The maximum atomic E-state index is 12.5. The van der Waals surface area contributed by atoms with Crippen LogP contribution in [0.3, 0.4) is 0 Å². The molecule has 2 heterocycles. The SMILES string of the molecule is CC.CC.COc1cc(-c2cn(C)c(=O)c3cc(C)sc23)cc(OC)c1CN(C)C. The fourth-order valence-corrected chi connectivity index (χ4v) is 4.23. The molecule has 3 aromatic rings. The van der Waals surface area contributed by atoms with E-state index in [1.54, 1.807) is 37.2 Å². The molecule has 0 aliphatic heterocycles. The first kappa shape index (κ1) is 25.7. The summed E-state index contributed by atoms with van der Waals surface area (Å²) in [5.41, 5.74) is 3.01. The Hall–Kier alpha value is -2.31. The number of nitrogens with zero attached hydrogens (tertiary/aromatic N) is 2. The van der Waals surface area contributed by atoms with Gasteiger partial charge in [0, 0.05) is 34.9 Å². The van der Waals surface area contributed by atoms with Gasteiger partial charge in [-0.1, -0.05) is 27.7 Å². The standard InChI is InChI=1S/C20H24N2O3S.2C2H6/c1-12-7-14-19(26-12)15(11-22(4)20(14)23)13-8-17(24-5)16(10-21(2)3)18(9-13)25-6;2*1-2/h7-9,11H,10H2,1-6H3;2*1-2H3. The predicted molar refractivity (Wildman–Crippen MR) is 130 cm³/mol. The van der Waals surface area contributed by atoms with E-state index in [9.17, 15) is 4.79 Å². The van der Waals surface area contributed by atoms with Crippen LogP contribution in [-0.4, -0.2) is 37.8 Å². The molecule has 5 nitrogen and oxygen atoms in total. The van der Waals surface area contributed by atoms with Crippen molar-refractivity contribution in [1.82, 2.24) is 9.47 Å².